The molecule has 2 aromatic rings. The van der Waals surface area contributed by atoms with Gasteiger partial charge in [0.15, 0.2) is 0 Å². The Balaban J connectivity index is 1.87. The van der Waals surface area contributed by atoms with Gasteiger partial charge in [0.1, 0.15) is 6.10 Å². The van der Waals surface area contributed by atoms with E-state index in [-0.39, 0.29) is 12.2 Å². The van der Waals surface area contributed by atoms with E-state index in [0.717, 1.165) is 23.4 Å². The molecule has 3 rings (SSSR count). The van der Waals surface area contributed by atoms with Crippen LogP contribution in [0.3, 0.4) is 0 Å². The molecule has 0 aliphatic carbocycles. The zero-order chi connectivity index (χ0) is 14.7. The lowest BCUT2D eigenvalue weighted by atomic mass is 9.90. The normalized spacial score (nSPS) is 24.2. The van der Waals surface area contributed by atoms with E-state index in [0.29, 0.717) is 0 Å². The maximum absolute atomic E-state index is 6.35. The summed E-state index contributed by atoms with van der Waals surface area (Å²) in [5.74, 6) is 0. The van der Waals surface area contributed by atoms with E-state index < -0.39 is 0 Å². The molecule has 2 heteroatoms. The first-order valence-electron chi connectivity index (χ1n) is 7.22. The molecule has 0 spiro atoms. The molecule has 2 aromatic carbocycles. The molecule has 2 unspecified atom stereocenters. The summed E-state index contributed by atoms with van der Waals surface area (Å²) in [7, 11) is 0. The molecule has 1 fully saturated rings. The topological polar surface area (TPSA) is 9.23 Å². The second kappa shape index (κ2) is 6.46. The third-order valence-electron chi connectivity index (χ3n) is 3.94. The van der Waals surface area contributed by atoms with Gasteiger partial charge in [-0.05, 0) is 48.6 Å². The summed E-state index contributed by atoms with van der Waals surface area (Å²) in [5.41, 5.74) is 3.61. The minimum Gasteiger partial charge on any atom is -0.361 e. The highest BCUT2D eigenvalue weighted by atomic mass is 35.5. The Morgan fingerprint density at radius 3 is 2.38 bits per heavy atom. The first kappa shape index (κ1) is 14.4. The van der Waals surface area contributed by atoms with Crippen LogP contribution in [0.4, 0.5) is 0 Å². The van der Waals surface area contributed by atoms with Gasteiger partial charge in [0, 0.05) is 5.02 Å². The van der Waals surface area contributed by atoms with Crippen molar-refractivity contribution in [1.29, 1.82) is 0 Å². The Hall–Kier alpha value is -1.57. The zero-order valence-electron chi connectivity index (χ0n) is 11.8. The monoisotopic (exact) mass is 297 g/mol. The van der Waals surface area contributed by atoms with E-state index in [2.05, 4.69) is 31.2 Å². The average molecular weight is 298 g/mol. The summed E-state index contributed by atoms with van der Waals surface area (Å²) in [4.78, 5) is 0. The fourth-order valence-corrected chi connectivity index (χ4v) is 2.93. The standard InChI is InChI=1S/C19H18ClO/c1-2-14-10-13-18(15-6-4-3-5-7-15)21-19(14)16-8-11-17(20)12-9-16/h2-9,11-12,18-19H,1,10,13H2. The van der Waals surface area contributed by atoms with Crippen LogP contribution in [0.15, 0.2) is 66.2 Å². The summed E-state index contributed by atoms with van der Waals surface area (Å²) in [6, 6.07) is 18.3. The molecule has 0 amide bonds. The van der Waals surface area contributed by atoms with Crippen LogP contribution in [0, 0.1) is 6.92 Å². The van der Waals surface area contributed by atoms with Crippen molar-refractivity contribution >= 4 is 11.6 Å². The molecule has 1 aliphatic heterocycles. The highest BCUT2D eigenvalue weighted by Gasteiger charge is 2.28. The quantitative estimate of drug-likeness (QED) is 0.691. The van der Waals surface area contributed by atoms with Crippen LogP contribution in [0.5, 0.6) is 0 Å². The SMILES string of the molecule is [CH2]C=C1CCC(c2ccccc2)OC1c1ccc(Cl)cc1. The van der Waals surface area contributed by atoms with Crippen LogP contribution < -0.4 is 0 Å². The third-order valence-corrected chi connectivity index (χ3v) is 4.19. The predicted octanol–water partition coefficient (Wildman–Crippen LogP) is 5.69. The molecular weight excluding hydrogens is 280 g/mol. The molecule has 1 nitrogen and oxygen atoms in total. The van der Waals surface area contributed by atoms with Crippen molar-refractivity contribution in [3.8, 4) is 0 Å². The van der Waals surface area contributed by atoms with E-state index >= 15 is 0 Å². The molecule has 1 aliphatic rings. The van der Waals surface area contributed by atoms with Gasteiger partial charge in [-0.15, -0.1) is 0 Å². The number of allylic oxidation sites excluding steroid dienone is 1. The van der Waals surface area contributed by atoms with Crippen LogP contribution >= 0.6 is 11.6 Å². The predicted molar refractivity (Wildman–Crippen MR) is 87.1 cm³/mol. The summed E-state index contributed by atoms with van der Waals surface area (Å²) in [5, 5.41) is 0.745. The molecule has 0 N–H and O–H groups in total. The molecule has 0 bridgehead atoms. The molecule has 107 valence electrons. The van der Waals surface area contributed by atoms with Crippen molar-refractivity contribution in [1.82, 2.24) is 0 Å². The number of rotatable bonds is 2. The first-order chi connectivity index (χ1) is 10.3. The average Bonchev–Trinajstić information content (AvgIpc) is 2.56. The van der Waals surface area contributed by atoms with Crippen molar-refractivity contribution in [3.63, 3.8) is 0 Å². The zero-order valence-corrected chi connectivity index (χ0v) is 12.6. The highest BCUT2D eigenvalue weighted by Crippen LogP contribution is 2.41. The lowest BCUT2D eigenvalue weighted by Crippen LogP contribution is -2.18. The molecule has 2 atom stereocenters. The minimum atomic E-state index is -0.0290. The fourth-order valence-electron chi connectivity index (χ4n) is 2.80. The Labute approximate surface area is 131 Å². The molecule has 21 heavy (non-hydrogen) atoms. The summed E-state index contributed by atoms with van der Waals surface area (Å²) in [6.45, 7) is 3.93. The fraction of sp³-hybridized carbons (Fsp3) is 0.211. The lowest BCUT2D eigenvalue weighted by Gasteiger charge is -2.33. The third kappa shape index (κ3) is 3.20. The van der Waals surface area contributed by atoms with Crippen molar-refractivity contribution in [2.24, 2.45) is 0 Å². The summed E-state index contributed by atoms with van der Waals surface area (Å²) >= 11 is 5.98. The van der Waals surface area contributed by atoms with Gasteiger partial charge < -0.3 is 4.74 Å². The van der Waals surface area contributed by atoms with Gasteiger partial charge in [-0.2, -0.15) is 0 Å². The van der Waals surface area contributed by atoms with Crippen molar-refractivity contribution in [3.05, 3.63) is 89.3 Å². The largest absolute Gasteiger partial charge is 0.361 e. The smallest absolute Gasteiger partial charge is 0.104 e. The van der Waals surface area contributed by atoms with E-state index in [4.69, 9.17) is 16.3 Å². The molecule has 1 saturated heterocycles. The van der Waals surface area contributed by atoms with Gasteiger partial charge in [-0.1, -0.05) is 60.1 Å². The number of hydrogen-bond acceptors (Lipinski definition) is 1. The molecule has 1 radical (unpaired) electrons. The summed E-state index contributed by atoms with van der Waals surface area (Å²) in [6.07, 6.45) is 4.04. The number of ether oxygens (including phenoxy) is 1. The summed E-state index contributed by atoms with van der Waals surface area (Å²) < 4.78 is 6.35. The van der Waals surface area contributed by atoms with E-state index in [9.17, 15) is 0 Å². The van der Waals surface area contributed by atoms with Gasteiger partial charge in [0.25, 0.3) is 0 Å². The van der Waals surface area contributed by atoms with Crippen LogP contribution in [0.2, 0.25) is 5.02 Å². The van der Waals surface area contributed by atoms with Gasteiger partial charge in [0.2, 0.25) is 0 Å². The Kier molecular flexibility index (Phi) is 4.42. The molecular formula is C19H18ClO. The maximum atomic E-state index is 6.35. The number of benzene rings is 2. The molecule has 0 saturated carbocycles. The number of hydrogen-bond donors (Lipinski definition) is 0. The molecule has 1 heterocycles. The van der Waals surface area contributed by atoms with Crippen LogP contribution in [0.1, 0.15) is 36.2 Å². The Bertz CT molecular complexity index is 616. The molecule has 0 aromatic heterocycles. The number of halogens is 1. The van der Waals surface area contributed by atoms with Gasteiger partial charge in [-0.3, -0.25) is 0 Å². The van der Waals surface area contributed by atoms with E-state index in [1.165, 1.54) is 11.1 Å². The van der Waals surface area contributed by atoms with Crippen molar-refractivity contribution in [2.75, 3.05) is 0 Å². The Morgan fingerprint density at radius 1 is 1.00 bits per heavy atom. The lowest BCUT2D eigenvalue weighted by molar-refractivity contribution is -0.0222. The minimum absolute atomic E-state index is 0.0290. The van der Waals surface area contributed by atoms with E-state index in [1.54, 1.807) is 0 Å². The maximum Gasteiger partial charge on any atom is 0.104 e. The van der Waals surface area contributed by atoms with Crippen LogP contribution in [-0.4, -0.2) is 0 Å². The Morgan fingerprint density at radius 2 is 1.71 bits per heavy atom. The highest BCUT2D eigenvalue weighted by molar-refractivity contribution is 6.30. The van der Waals surface area contributed by atoms with Crippen LogP contribution in [0.25, 0.3) is 0 Å². The second-order valence-electron chi connectivity index (χ2n) is 5.28. The first-order valence-corrected chi connectivity index (χ1v) is 7.60. The van der Waals surface area contributed by atoms with Crippen molar-refractivity contribution in [2.45, 2.75) is 25.0 Å². The van der Waals surface area contributed by atoms with Gasteiger partial charge >= 0.3 is 0 Å². The van der Waals surface area contributed by atoms with Crippen LogP contribution in [-0.2, 0) is 4.74 Å². The van der Waals surface area contributed by atoms with E-state index in [1.807, 2.05) is 36.4 Å². The second-order valence-corrected chi connectivity index (χ2v) is 5.72. The van der Waals surface area contributed by atoms with Gasteiger partial charge in [-0.25, -0.2) is 0 Å². The van der Waals surface area contributed by atoms with Gasteiger partial charge in [0.05, 0.1) is 6.10 Å². The van der Waals surface area contributed by atoms with Crippen molar-refractivity contribution < 1.29 is 4.74 Å².